The van der Waals surface area contributed by atoms with Crippen LogP contribution in [0.4, 0.5) is 0 Å². The van der Waals surface area contributed by atoms with Gasteiger partial charge in [0.2, 0.25) is 10.0 Å². The van der Waals surface area contributed by atoms with Gasteiger partial charge in [0.25, 0.3) is 0 Å². The molecule has 4 nitrogen and oxygen atoms in total. The van der Waals surface area contributed by atoms with Crippen LogP contribution in [0.15, 0.2) is 53.4 Å². The first-order chi connectivity index (χ1) is 10.6. The Labute approximate surface area is 132 Å². The molecule has 2 aromatic carbocycles. The van der Waals surface area contributed by atoms with Crippen LogP contribution in [-0.2, 0) is 23.0 Å². The summed E-state index contributed by atoms with van der Waals surface area (Å²) < 4.78 is 32.8. The van der Waals surface area contributed by atoms with Gasteiger partial charge in [-0.25, -0.2) is 13.1 Å². The Balaban J connectivity index is 2.12. The van der Waals surface area contributed by atoms with Crippen molar-refractivity contribution in [3.05, 3.63) is 59.7 Å². The summed E-state index contributed by atoms with van der Waals surface area (Å²) in [5.41, 5.74) is 1.93. The molecule has 0 saturated heterocycles. The maximum atomic E-state index is 12.3. The number of hydrogen-bond acceptors (Lipinski definition) is 3. The summed E-state index contributed by atoms with van der Waals surface area (Å²) in [5, 5.41) is 0. The van der Waals surface area contributed by atoms with Crippen molar-refractivity contribution in [2.24, 2.45) is 0 Å². The van der Waals surface area contributed by atoms with E-state index < -0.39 is 10.0 Å². The van der Waals surface area contributed by atoms with E-state index in [9.17, 15) is 8.42 Å². The molecule has 0 spiro atoms. The zero-order chi connectivity index (χ0) is 16.0. The Hall–Kier alpha value is -1.85. The number of nitrogens with one attached hydrogen (secondary N) is 1. The fourth-order valence-corrected chi connectivity index (χ4v) is 3.11. The van der Waals surface area contributed by atoms with Crippen LogP contribution in [-0.4, -0.2) is 15.0 Å². The van der Waals surface area contributed by atoms with Crippen LogP contribution >= 0.6 is 0 Å². The van der Waals surface area contributed by atoms with Crippen LogP contribution in [0.2, 0.25) is 0 Å². The van der Waals surface area contributed by atoms with Crippen molar-refractivity contribution in [1.82, 2.24) is 4.72 Å². The molecular weight excluding hydrogens is 298 g/mol. The molecule has 22 heavy (non-hydrogen) atoms. The van der Waals surface area contributed by atoms with Crippen molar-refractivity contribution < 1.29 is 13.2 Å². The molecule has 0 amide bonds. The Morgan fingerprint density at radius 2 is 1.68 bits per heavy atom. The lowest BCUT2D eigenvalue weighted by Crippen LogP contribution is -2.23. The quantitative estimate of drug-likeness (QED) is 0.853. The molecule has 0 aliphatic rings. The summed E-state index contributed by atoms with van der Waals surface area (Å²) in [5.74, 6) is 0.703. The van der Waals surface area contributed by atoms with E-state index in [1.165, 1.54) is 0 Å². The number of rotatable bonds is 7. The van der Waals surface area contributed by atoms with Crippen molar-refractivity contribution >= 4 is 10.0 Å². The summed E-state index contributed by atoms with van der Waals surface area (Å²) in [6.45, 7) is 4.68. The van der Waals surface area contributed by atoms with E-state index in [-0.39, 0.29) is 11.4 Å². The van der Waals surface area contributed by atoms with Gasteiger partial charge in [-0.3, -0.25) is 0 Å². The van der Waals surface area contributed by atoms with Crippen LogP contribution < -0.4 is 9.46 Å². The number of sulfonamides is 1. The minimum Gasteiger partial charge on any atom is -0.494 e. The molecule has 0 heterocycles. The highest BCUT2D eigenvalue weighted by Crippen LogP contribution is 2.19. The third-order valence-corrected chi connectivity index (χ3v) is 4.78. The van der Waals surface area contributed by atoms with E-state index in [0.29, 0.717) is 12.4 Å². The van der Waals surface area contributed by atoms with E-state index in [4.69, 9.17) is 4.74 Å². The summed E-state index contributed by atoms with van der Waals surface area (Å²) in [6.07, 6.45) is 0.884. The molecule has 118 valence electrons. The summed E-state index contributed by atoms with van der Waals surface area (Å²) in [4.78, 5) is 0.276. The third kappa shape index (κ3) is 4.08. The number of para-hydroxylation sites is 1. The van der Waals surface area contributed by atoms with Gasteiger partial charge in [-0.2, -0.15) is 0 Å². The second-order valence-electron chi connectivity index (χ2n) is 4.86. The highest BCUT2D eigenvalue weighted by molar-refractivity contribution is 7.89. The molecule has 0 bridgehead atoms. The molecule has 0 fully saturated rings. The first-order valence-electron chi connectivity index (χ1n) is 7.36. The number of aryl methyl sites for hydroxylation is 1. The molecule has 0 aromatic heterocycles. The Morgan fingerprint density at radius 1 is 1.00 bits per heavy atom. The second kappa shape index (κ2) is 7.42. The minimum absolute atomic E-state index is 0.202. The van der Waals surface area contributed by atoms with Gasteiger partial charge in [-0.05, 0) is 37.1 Å². The normalized spacial score (nSPS) is 11.4. The molecule has 0 atom stereocenters. The predicted molar refractivity (Wildman–Crippen MR) is 87.5 cm³/mol. The van der Waals surface area contributed by atoms with Crippen molar-refractivity contribution in [1.29, 1.82) is 0 Å². The van der Waals surface area contributed by atoms with E-state index in [1.54, 1.807) is 12.1 Å². The fraction of sp³-hybridized carbons (Fsp3) is 0.294. The highest BCUT2D eigenvalue weighted by Gasteiger charge is 2.14. The first kappa shape index (κ1) is 16.5. The van der Waals surface area contributed by atoms with Gasteiger partial charge in [0, 0.05) is 12.1 Å². The summed E-state index contributed by atoms with van der Waals surface area (Å²) in [7, 11) is -3.52. The molecule has 0 radical (unpaired) electrons. The van der Waals surface area contributed by atoms with Crippen LogP contribution in [0, 0.1) is 0 Å². The van der Waals surface area contributed by atoms with Crippen LogP contribution in [0.25, 0.3) is 0 Å². The van der Waals surface area contributed by atoms with Crippen LogP contribution in [0.3, 0.4) is 0 Å². The summed E-state index contributed by atoms with van der Waals surface area (Å²) in [6, 6.07) is 14.4. The Morgan fingerprint density at radius 3 is 2.32 bits per heavy atom. The highest BCUT2D eigenvalue weighted by atomic mass is 32.2. The van der Waals surface area contributed by atoms with E-state index >= 15 is 0 Å². The molecular formula is C17H21NO3S. The maximum Gasteiger partial charge on any atom is 0.240 e. The molecule has 2 rings (SSSR count). The van der Waals surface area contributed by atoms with Crippen molar-refractivity contribution in [2.45, 2.75) is 31.7 Å². The molecule has 5 heteroatoms. The zero-order valence-electron chi connectivity index (χ0n) is 12.9. The largest absolute Gasteiger partial charge is 0.494 e. The number of ether oxygens (including phenoxy) is 1. The average molecular weight is 319 g/mol. The lowest BCUT2D eigenvalue weighted by Gasteiger charge is -2.11. The molecule has 2 aromatic rings. The third-order valence-electron chi connectivity index (χ3n) is 3.37. The van der Waals surface area contributed by atoms with Gasteiger partial charge >= 0.3 is 0 Å². The Kier molecular flexibility index (Phi) is 5.57. The van der Waals surface area contributed by atoms with E-state index in [2.05, 4.69) is 4.72 Å². The monoisotopic (exact) mass is 319 g/mol. The predicted octanol–water partition coefficient (Wildman–Crippen LogP) is 3.13. The lowest BCUT2D eigenvalue weighted by molar-refractivity contribution is 0.336. The zero-order valence-corrected chi connectivity index (χ0v) is 13.7. The molecule has 0 unspecified atom stereocenters. The van der Waals surface area contributed by atoms with Crippen molar-refractivity contribution in [3.8, 4) is 5.75 Å². The average Bonchev–Trinajstić information content (AvgIpc) is 2.54. The molecule has 0 aliphatic heterocycles. The summed E-state index contributed by atoms with van der Waals surface area (Å²) >= 11 is 0. The van der Waals surface area contributed by atoms with Gasteiger partial charge in [-0.15, -0.1) is 0 Å². The number of benzene rings is 2. The smallest absolute Gasteiger partial charge is 0.240 e. The van der Waals surface area contributed by atoms with Gasteiger partial charge in [-0.1, -0.05) is 37.3 Å². The minimum atomic E-state index is -3.52. The lowest BCUT2D eigenvalue weighted by atomic mass is 10.2. The Bertz CT molecular complexity index is 709. The fourth-order valence-electron chi connectivity index (χ4n) is 2.11. The standard InChI is InChI=1S/C17H21NO3S/c1-3-14-9-11-16(12-10-14)22(19,20)18-13-15-7-5-6-8-17(15)21-4-2/h5-12,18H,3-4,13H2,1-2H3. The SMILES string of the molecule is CCOc1ccccc1CNS(=O)(=O)c1ccc(CC)cc1. The molecule has 0 aliphatic carbocycles. The van der Waals surface area contributed by atoms with Crippen LogP contribution in [0.1, 0.15) is 25.0 Å². The maximum absolute atomic E-state index is 12.3. The van der Waals surface area contributed by atoms with Gasteiger partial charge in [0.1, 0.15) is 5.75 Å². The molecule has 1 N–H and O–H groups in total. The van der Waals surface area contributed by atoms with E-state index in [1.807, 2.05) is 50.2 Å². The van der Waals surface area contributed by atoms with Crippen LogP contribution in [0.5, 0.6) is 5.75 Å². The topological polar surface area (TPSA) is 55.4 Å². The number of hydrogen-bond donors (Lipinski definition) is 1. The van der Waals surface area contributed by atoms with Gasteiger partial charge in [0.05, 0.1) is 11.5 Å². The van der Waals surface area contributed by atoms with Crippen molar-refractivity contribution in [3.63, 3.8) is 0 Å². The van der Waals surface area contributed by atoms with Gasteiger partial charge < -0.3 is 4.74 Å². The van der Waals surface area contributed by atoms with E-state index in [0.717, 1.165) is 17.5 Å². The van der Waals surface area contributed by atoms with Crippen molar-refractivity contribution in [2.75, 3.05) is 6.61 Å². The molecule has 0 saturated carbocycles. The second-order valence-corrected chi connectivity index (χ2v) is 6.63. The van der Waals surface area contributed by atoms with Gasteiger partial charge in [0.15, 0.2) is 0 Å². The first-order valence-corrected chi connectivity index (χ1v) is 8.84.